The fourth-order valence-corrected chi connectivity index (χ4v) is 2.70. The van der Waals surface area contributed by atoms with Gasteiger partial charge in [0.05, 0.1) is 17.4 Å². The predicted octanol–water partition coefficient (Wildman–Crippen LogP) is 1.60. The van der Waals surface area contributed by atoms with Gasteiger partial charge in [0.2, 0.25) is 0 Å². The minimum atomic E-state index is -3.57. The Morgan fingerprint density at radius 3 is 2.65 bits per heavy atom. The molecule has 0 bridgehead atoms. The van der Waals surface area contributed by atoms with E-state index in [2.05, 4.69) is 0 Å². The third-order valence-corrected chi connectivity index (χ3v) is 4.46. The van der Waals surface area contributed by atoms with Gasteiger partial charge in [0.15, 0.2) is 9.84 Å². The zero-order valence-corrected chi connectivity index (χ0v) is 10.1. The molecule has 1 atom stereocenters. The van der Waals surface area contributed by atoms with Crippen LogP contribution in [0.15, 0.2) is 24.3 Å². The molecular weight excluding hydrogens is 247 g/mol. The first-order chi connectivity index (χ1) is 7.81. The minimum Gasteiger partial charge on any atom is -0.481 e. The average Bonchev–Trinajstić information content (AvgIpc) is 2.15. The number of aliphatic carboxylic acids is 1. The SMILES string of the molecule is CC(CC(=O)O)S(=O)(=O)Cc1cccc(F)c1. The van der Waals surface area contributed by atoms with Crippen molar-refractivity contribution in [2.45, 2.75) is 24.3 Å². The molecule has 0 radical (unpaired) electrons. The summed E-state index contributed by atoms with van der Waals surface area (Å²) in [4.78, 5) is 10.4. The number of carbonyl (C=O) groups is 1. The monoisotopic (exact) mass is 260 g/mol. The summed E-state index contributed by atoms with van der Waals surface area (Å²) in [5.74, 6) is -2.02. The molecule has 0 saturated heterocycles. The third-order valence-electron chi connectivity index (χ3n) is 2.33. The van der Waals surface area contributed by atoms with Crippen LogP contribution in [0.3, 0.4) is 0 Å². The van der Waals surface area contributed by atoms with Gasteiger partial charge in [0.25, 0.3) is 0 Å². The summed E-state index contributed by atoms with van der Waals surface area (Å²) in [6, 6.07) is 5.26. The molecule has 0 aliphatic rings. The first kappa shape index (κ1) is 13.6. The fourth-order valence-electron chi connectivity index (χ4n) is 1.37. The predicted molar refractivity (Wildman–Crippen MR) is 60.7 cm³/mol. The standard InChI is InChI=1S/C11H13FO4S/c1-8(5-11(13)14)17(15,16)7-9-3-2-4-10(12)6-9/h2-4,6,8H,5,7H2,1H3,(H,13,14). The van der Waals surface area contributed by atoms with E-state index in [1.54, 1.807) is 0 Å². The molecule has 1 N–H and O–H groups in total. The molecular formula is C11H13FO4S. The van der Waals surface area contributed by atoms with E-state index in [-0.39, 0.29) is 5.75 Å². The van der Waals surface area contributed by atoms with Crippen molar-refractivity contribution in [3.8, 4) is 0 Å². The van der Waals surface area contributed by atoms with Gasteiger partial charge in [-0.05, 0) is 24.6 Å². The molecule has 6 heteroatoms. The topological polar surface area (TPSA) is 71.4 Å². The van der Waals surface area contributed by atoms with Gasteiger partial charge < -0.3 is 5.11 Å². The van der Waals surface area contributed by atoms with Gasteiger partial charge in [-0.2, -0.15) is 0 Å². The molecule has 4 nitrogen and oxygen atoms in total. The van der Waals surface area contributed by atoms with Crippen molar-refractivity contribution in [1.29, 1.82) is 0 Å². The summed E-state index contributed by atoms with van der Waals surface area (Å²) in [7, 11) is -3.57. The van der Waals surface area contributed by atoms with Crippen LogP contribution in [0.1, 0.15) is 18.9 Å². The first-order valence-electron chi connectivity index (χ1n) is 4.99. The maximum Gasteiger partial charge on any atom is 0.304 e. The fraction of sp³-hybridized carbons (Fsp3) is 0.364. The molecule has 0 fully saturated rings. The highest BCUT2D eigenvalue weighted by molar-refractivity contribution is 7.91. The minimum absolute atomic E-state index is 0.322. The lowest BCUT2D eigenvalue weighted by atomic mass is 10.2. The third kappa shape index (κ3) is 4.14. The van der Waals surface area contributed by atoms with Crippen molar-refractivity contribution in [2.24, 2.45) is 0 Å². The van der Waals surface area contributed by atoms with E-state index in [1.807, 2.05) is 0 Å². The summed E-state index contributed by atoms with van der Waals surface area (Å²) < 4.78 is 36.4. The second kappa shape index (κ2) is 5.27. The number of carboxylic acids is 1. The Balaban J connectivity index is 2.83. The van der Waals surface area contributed by atoms with Crippen LogP contribution in [-0.4, -0.2) is 24.7 Å². The van der Waals surface area contributed by atoms with E-state index in [0.717, 1.165) is 6.07 Å². The lowest BCUT2D eigenvalue weighted by molar-refractivity contribution is -0.136. The number of rotatable bonds is 5. The van der Waals surface area contributed by atoms with Gasteiger partial charge >= 0.3 is 5.97 Å². The Morgan fingerprint density at radius 2 is 2.12 bits per heavy atom. The van der Waals surface area contributed by atoms with Crippen molar-refractivity contribution in [2.75, 3.05) is 0 Å². The van der Waals surface area contributed by atoms with Crippen molar-refractivity contribution in [3.63, 3.8) is 0 Å². The number of carboxylic acid groups (broad SMARTS) is 1. The Kier molecular flexibility index (Phi) is 4.22. The lowest BCUT2D eigenvalue weighted by Gasteiger charge is -2.10. The summed E-state index contributed by atoms with van der Waals surface area (Å²) in [5.41, 5.74) is 0.322. The second-order valence-electron chi connectivity index (χ2n) is 3.85. The summed E-state index contributed by atoms with van der Waals surface area (Å²) in [5, 5.41) is 7.55. The molecule has 1 rings (SSSR count). The van der Waals surface area contributed by atoms with E-state index in [0.29, 0.717) is 5.56 Å². The molecule has 0 aliphatic heterocycles. The highest BCUT2D eigenvalue weighted by Gasteiger charge is 2.23. The van der Waals surface area contributed by atoms with E-state index in [4.69, 9.17) is 5.11 Å². The van der Waals surface area contributed by atoms with Crippen LogP contribution in [0.4, 0.5) is 4.39 Å². The van der Waals surface area contributed by atoms with Crippen LogP contribution in [0.2, 0.25) is 0 Å². The molecule has 1 unspecified atom stereocenters. The highest BCUT2D eigenvalue weighted by atomic mass is 32.2. The molecule has 1 aromatic carbocycles. The molecule has 0 aromatic heterocycles. The van der Waals surface area contributed by atoms with Crippen LogP contribution < -0.4 is 0 Å². The summed E-state index contributed by atoms with van der Waals surface area (Å²) in [6.45, 7) is 1.34. The zero-order chi connectivity index (χ0) is 13.1. The van der Waals surface area contributed by atoms with E-state index >= 15 is 0 Å². The maximum atomic E-state index is 12.9. The molecule has 0 amide bonds. The van der Waals surface area contributed by atoms with Gasteiger partial charge in [-0.25, -0.2) is 12.8 Å². The van der Waals surface area contributed by atoms with Crippen LogP contribution in [0.25, 0.3) is 0 Å². The first-order valence-corrected chi connectivity index (χ1v) is 6.70. The van der Waals surface area contributed by atoms with Gasteiger partial charge in [-0.1, -0.05) is 12.1 Å². The number of hydrogen-bond donors (Lipinski definition) is 1. The molecule has 1 aromatic rings. The van der Waals surface area contributed by atoms with Crippen molar-refractivity contribution in [3.05, 3.63) is 35.6 Å². The largest absolute Gasteiger partial charge is 0.481 e. The molecule has 0 spiro atoms. The van der Waals surface area contributed by atoms with Crippen molar-refractivity contribution < 1.29 is 22.7 Å². The smallest absolute Gasteiger partial charge is 0.304 e. The van der Waals surface area contributed by atoms with Gasteiger partial charge in [-0.3, -0.25) is 4.79 Å². The van der Waals surface area contributed by atoms with Gasteiger partial charge in [0, 0.05) is 0 Å². The Bertz CT molecular complexity index is 510. The quantitative estimate of drug-likeness (QED) is 0.873. The molecule has 0 saturated carbocycles. The van der Waals surface area contributed by atoms with E-state index in [1.165, 1.54) is 25.1 Å². The Morgan fingerprint density at radius 1 is 1.47 bits per heavy atom. The normalized spacial score (nSPS) is 13.3. The summed E-state index contributed by atoms with van der Waals surface area (Å²) >= 11 is 0. The van der Waals surface area contributed by atoms with E-state index in [9.17, 15) is 17.6 Å². The number of hydrogen-bond acceptors (Lipinski definition) is 3. The number of halogens is 1. The van der Waals surface area contributed by atoms with Crippen LogP contribution in [-0.2, 0) is 20.4 Å². The van der Waals surface area contributed by atoms with Crippen LogP contribution >= 0.6 is 0 Å². The van der Waals surface area contributed by atoms with E-state index < -0.39 is 33.3 Å². The molecule has 94 valence electrons. The Labute approximate surface area is 99.0 Å². The Hall–Kier alpha value is -1.43. The summed E-state index contributed by atoms with van der Waals surface area (Å²) in [6.07, 6.45) is -0.447. The number of sulfone groups is 1. The molecule has 17 heavy (non-hydrogen) atoms. The molecule has 0 aliphatic carbocycles. The highest BCUT2D eigenvalue weighted by Crippen LogP contribution is 2.14. The number of benzene rings is 1. The average molecular weight is 260 g/mol. The maximum absolute atomic E-state index is 12.9. The van der Waals surface area contributed by atoms with Crippen LogP contribution in [0, 0.1) is 5.82 Å². The lowest BCUT2D eigenvalue weighted by Crippen LogP contribution is -2.22. The molecule has 0 heterocycles. The van der Waals surface area contributed by atoms with Gasteiger partial charge in [-0.15, -0.1) is 0 Å². The van der Waals surface area contributed by atoms with Crippen molar-refractivity contribution in [1.82, 2.24) is 0 Å². The van der Waals surface area contributed by atoms with Crippen molar-refractivity contribution >= 4 is 15.8 Å². The second-order valence-corrected chi connectivity index (χ2v) is 6.26. The van der Waals surface area contributed by atoms with Gasteiger partial charge in [0.1, 0.15) is 5.82 Å². The van der Waals surface area contributed by atoms with Crippen LogP contribution in [0.5, 0.6) is 0 Å². The zero-order valence-electron chi connectivity index (χ0n) is 9.26.